The van der Waals surface area contributed by atoms with Crippen LogP contribution in [0.3, 0.4) is 0 Å². The van der Waals surface area contributed by atoms with Crippen LogP contribution < -0.4 is 5.32 Å². The quantitative estimate of drug-likeness (QED) is 0.655. The van der Waals surface area contributed by atoms with Gasteiger partial charge in [0.1, 0.15) is 6.54 Å². The number of methoxy groups -OCH3 is 1. The van der Waals surface area contributed by atoms with Gasteiger partial charge in [0.15, 0.2) is 0 Å². The standard InChI is InChI=1S/C19H22N2O5/c1-11-7-8-12(19(25)26-2)9-15(11)20-16(22)10-21-17(23)13-5-3-4-6-14(13)18(21)24/h7-9,13-14H,3-6,10H2,1-2H3,(H,20,22). The minimum Gasteiger partial charge on any atom is -0.465 e. The van der Waals surface area contributed by atoms with Gasteiger partial charge in [0, 0.05) is 5.69 Å². The van der Waals surface area contributed by atoms with E-state index in [-0.39, 0.29) is 30.2 Å². The monoisotopic (exact) mass is 358 g/mol. The molecule has 1 aliphatic heterocycles. The van der Waals surface area contributed by atoms with Crippen LogP contribution >= 0.6 is 0 Å². The highest BCUT2D eigenvalue weighted by atomic mass is 16.5. The maximum Gasteiger partial charge on any atom is 0.337 e. The van der Waals surface area contributed by atoms with Crippen LogP contribution in [0.15, 0.2) is 18.2 Å². The van der Waals surface area contributed by atoms with E-state index in [1.807, 2.05) is 0 Å². The van der Waals surface area contributed by atoms with E-state index in [0.717, 1.165) is 23.3 Å². The maximum absolute atomic E-state index is 12.5. The van der Waals surface area contributed by atoms with Crippen LogP contribution in [0, 0.1) is 18.8 Å². The molecule has 0 spiro atoms. The van der Waals surface area contributed by atoms with Gasteiger partial charge in [0.25, 0.3) is 0 Å². The number of nitrogens with one attached hydrogen (secondary N) is 1. The lowest BCUT2D eigenvalue weighted by atomic mass is 9.81. The maximum atomic E-state index is 12.5. The number of likely N-dealkylation sites (tertiary alicyclic amines) is 1. The van der Waals surface area contributed by atoms with Gasteiger partial charge in [-0.3, -0.25) is 19.3 Å². The summed E-state index contributed by atoms with van der Waals surface area (Å²) < 4.78 is 4.68. The van der Waals surface area contributed by atoms with Gasteiger partial charge in [0.05, 0.1) is 24.5 Å². The minimum atomic E-state index is -0.505. The highest BCUT2D eigenvalue weighted by Crippen LogP contribution is 2.37. The Hall–Kier alpha value is -2.70. The first-order valence-corrected chi connectivity index (χ1v) is 8.76. The summed E-state index contributed by atoms with van der Waals surface area (Å²) in [5.41, 5.74) is 1.53. The molecular formula is C19H22N2O5. The number of amides is 3. The van der Waals surface area contributed by atoms with Crippen molar-refractivity contribution in [3.05, 3.63) is 29.3 Å². The summed E-state index contributed by atoms with van der Waals surface area (Å²) in [5, 5.41) is 2.69. The lowest BCUT2D eigenvalue weighted by molar-refractivity contribution is -0.142. The van der Waals surface area contributed by atoms with E-state index in [4.69, 9.17) is 0 Å². The van der Waals surface area contributed by atoms with Crippen molar-refractivity contribution in [1.82, 2.24) is 4.90 Å². The van der Waals surface area contributed by atoms with Gasteiger partial charge in [0.2, 0.25) is 17.7 Å². The van der Waals surface area contributed by atoms with Gasteiger partial charge >= 0.3 is 5.97 Å². The number of rotatable bonds is 4. The number of carbonyl (C=O) groups excluding carboxylic acids is 4. The second kappa shape index (κ2) is 7.27. The summed E-state index contributed by atoms with van der Waals surface area (Å²) in [6.45, 7) is 1.49. The summed E-state index contributed by atoms with van der Waals surface area (Å²) >= 11 is 0. The van der Waals surface area contributed by atoms with E-state index in [1.54, 1.807) is 19.1 Å². The molecule has 26 heavy (non-hydrogen) atoms. The number of imide groups is 1. The van der Waals surface area contributed by atoms with Crippen LogP contribution in [-0.2, 0) is 19.1 Å². The number of fused-ring (bicyclic) bond motifs is 1. The summed E-state index contributed by atoms with van der Waals surface area (Å²) in [6.07, 6.45) is 3.32. The van der Waals surface area contributed by atoms with Crippen molar-refractivity contribution in [3.8, 4) is 0 Å². The van der Waals surface area contributed by atoms with E-state index in [0.29, 0.717) is 24.1 Å². The van der Waals surface area contributed by atoms with Crippen molar-refractivity contribution in [2.45, 2.75) is 32.6 Å². The summed E-state index contributed by atoms with van der Waals surface area (Å²) in [7, 11) is 1.28. The molecule has 1 saturated heterocycles. The van der Waals surface area contributed by atoms with Gasteiger partial charge in [-0.05, 0) is 37.5 Å². The number of aryl methyl sites for hydroxylation is 1. The normalized spacial score (nSPS) is 22.2. The number of esters is 1. The number of ether oxygens (including phenoxy) is 1. The molecule has 138 valence electrons. The molecule has 7 heteroatoms. The highest BCUT2D eigenvalue weighted by Gasteiger charge is 2.48. The average molecular weight is 358 g/mol. The van der Waals surface area contributed by atoms with Crippen molar-refractivity contribution in [1.29, 1.82) is 0 Å². The molecular weight excluding hydrogens is 336 g/mol. The first-order chi connectivity index (χ1) is 12.4. The number of hydrogen-bond acceptors (Lipinski definition) is 5. The van der Waals surface area contributed by atoms with Crippen molar-refractivity contribution >= 4 is 29.4 Å². The molecule has 1 aromatic rings. The molecule has 1 saturated carbocycles. The smallest absolute Gasteiger partial charge is 0.337 e. The van der Waals surface area contributed by atoms with Gasteiger partial charge in [-0.25, -0.2) is 4.79 Å². The van der Waals surface area contributed by atoms with Crippen LogP contribution in [0.5, 0.6) is 0 Å². The molecule has 0 bridgehead atoms. The summed E-state index contributed by atoms with van der Waals surface area (Å²) in [5.74, 6) is -1.99. The predicted molar refractivity (Wildman–Crippen MR) is 93.3 cm³/mol. The zero-order chi connectivity index (χ0) is 18.8. The SMILES string of the molecule is COC(=O)c1ccc(C)c(NC(=O)CN2C(=O)C3CCCCC3C2=O)c1. The lowest BCUT2D eigenvalue weighted by Gasteiger charge is -2.19. The fraction of sp³-hybridized carbons (Fsp3) is 0.474. The van der Waals surface area contributed by atoms with Crippen LogP contribution in [0.2, 0.25) is 0 Å². The number of nitrogens with zero attached hydrogens (tertiary/aromatic N) is 1. The molecule has 2 atom stereocenters. The molecule has 2 unspecified atom stereocenters. The Kier molecular flexibility index (Phi) is 5.06. The predicted octanol–water partition coefficient (Wildman–Crippen LogP) is 1.90. The zero-order valence-corrected chi connectivity index (χ0v) is 14.9. The Bertz CT molecular complexity index is 749. The third-order valence-electron chi connectivity index (χ3n) is 5.17. The Morgan fingerprint density at radius 2 is 1.77 bits per heavy atom. The minimum absolute atomic E-state index is 0.241. The molecule has 0 aromatic heterocycles. The number of anilines is 1. The second-order valence-electron chi connectivity index (χ2n) is 6.83. The molecule has 1 aromatic carbocycles. The summed E-state index contributed by atoms with van der Waals surface area (Å²) in [6, 6.07) is 4.82. The zero-order valence-electron chi connectivity index (χ0n) is 14.9. The second-order valence-corrected chi connectivity index (χ2v) is 6.83. The van der Waals surface area contributed by atoms with Crippen LogP contribution in [-0.4, -0.2) is 42.2 Å². The van der Waals surface area contributed by atoms with E-state index in [1.165, 1.54) is 13.2 Å². The topological polar surface area (TPSA) is 92.8 Å². The van der Waals surface area contributed by atoms with Crippen LogP contribution in [0.1, 0.15) is 41.6 Å². The fourth-order valence-electron chi connectivity index (χ4n) is 3.72. The Morgan fingerprint density at radius 3 is 2.35 bits per heavy atom. The first-order valence-electron chi connectivity index (χ1n) is 8.76. The molecule has 1 heterocycles. The van der Waals surface area contributed by atoms with Crippen molar-refractivity contribution in [2.24, 2.45) is 11.8 Å². The third kappa shape index (κ3) is 3.34. The number of hydrogen-bond donors (Lipinski definition) is 1. The lowest BCUT2D eigenvalue weighted by Crippen LogP contribution is -2.38. The van der Waals surface area contributed by atoms with Gasteiger partial charge in [-0.15, -0.1) is 0 Å². The van der Waals surface area contributed by atoms with E-state index < -0.39 is 11.9 Å². The van der Waals surface area contributed by atoms with E-state index in [9.17, 15) is 19.2 Å². The van der Waals surface area contributed by atoms with Crippen LogP contribution in [0.4, 0.5) is 5.69 Å². The fourth-order valence-corrected chi connectivity index (χ4v) is 3.72. The van der Waals surface area contributed by atoms with Crippen molar-refractivity contribution < 1.29 is 23.9 Å². The third-order valence-corrected chi connectivity index (χ3v) is 5.17. The largest absolute Gasteiger partial charge is 0.465 e. The molecule has 1 aliphatic carbocycles. The Morgan fingerprint density at radius 1 is 1.15 bits per heavy atom. The molecule has 3 amide bonds. The molecule has 3 rings (SSSR count). The highest BCUT2D eigenvalue weighted by molar-refractivity contribution is 6.08. The van der Waals surface area contributed by atoms with Gasteiger partial charge in [-0.1, -0.05) is 18.9 Å². The molecule has 2 fully saturated rings. The first kappa shape index (κ1) is 18.1. The Labute approximate surface area is 151 Å². The molecule has 2 aliphatic rings. The van der Waals surface area contributed by atoms with Crippen LogP contribution in [0.25, 0.3) is 0 Å². The van der Waals surface area contributed by atoms with E-state index >= 15 is 0 Å². The summed E-state index contributed by atoms with van der Waals surface area (Å²) in [4.78, 5) is 50.0. The number of benzene rings is 1. The van der Waals surface area contributed by atoms with Crippen molar-refractivity contribution in [3.63, 3.8) is 0 Å². The molecule has 7 nitrogen and oxygen atoms in total. The molecule has 0 radical (unpaired) electrons. The average Bonchev–Trinajstić information content (AvgIpc) is 2.88. The number of carbonyl (C=O) groups is 4. The van der Waals surface area contributed by atoms with Gasteiger partial charge < -0.3 is 10.1 Å². The Balaban J connectivity index is 1.70. The van der Waals surface area contributed by atoms with Gasteiger partial charge in [-0.2, -0.15) is 0 Å². The van der Waals surface area contributed by atoms with E-state index in [2.05, 4.69) is 10.1 Å². The molecule has 1 N–H and O–H groups in total. The van der Waals surface area contributed by atoms with Crippen molar-refractivity contribution in [2.75, 3.05) is 19.0 Å².